The Kier molecular flexibility index (Phi) is 6.02. The van der Waals surface area contributed by atoms with Gasteiger partial charge in [-0.25, -0.2) is 14.1 Å². The Hall–Kier alpha value is -3.54. The Morgan fingerprint density at radius 2 is 2.17 bits per heavy atom. The van der Waals surface area contributed by atoms with Crippen LogP contribution in [0.5, 0.6) is 5.88 Å². The largest absolute Gasteiger partial charge is 0.475 e. The van der Waals surface area contributed by atoms with E-state index in [0.717, 1.165) is 0 Å². The average molecular weight is 424 g/mol. The highest BCUT2D eigenvalue weighted by atomic mass is 35.5. The Bertz CT molecular complexity index is 1030. The Labute approximate surface area is 168 Å². The van der Waals surface area contributed by atoms with E-state index in [1.807, 2.05) is 0 Å². The number of nitro groups is 1. The summed E-state index contributed by atoms with van der Waals surface area (Å²) in [6, 6.07) is 4.35. The molecule has 3 rings (SSSR count). The van der Waals surface area contributed by atoms with Crippen molar-refractivity contribution in [1.82, 2.24) is 24.5 Å². The third-order valence-electron chi connectivity index (χ3n) is 3.84. The number of hydrogen-bond acceptors (Lipinski definition) is 7. The molecule has 13 heteroatoms. The van der Waals surface area contributed by atoms with E-state index in [1.165, 1.54) is 41.1 Å². The van der Waals surface area contributed by atoms with Crippen LogP contribution in [0.3, 0.4) is 0 Å². The number of aromatic nitrogens is 5. The van der Waals surface area contributed by atoms with Gasteiger partial charge in [-0.05, 0) is 12.1 Å². The highest BCUT2D eigenvalue weighted by Gasteiger charge is 2.20. The molecule has 1 aromatic carbocycles. The number of carbonyl (C=O) groups is 1. The second kappa shape index (κ2) is 8.65. The minimum atomic E-state index is -0.624. The molecule has 0 atom stereocenters. The zero-order valence-electron chi connectivity index (χ0n) is 15.1. The summed E-state index contributed by atoms with van der Waals surface area (Å²) in [6.45, 7) is 0.132. The summed E-state index contributed by atoms with van der Waals surface area (Å²) in [5, 5.41) is 21.6. The molecule has 29 heavy (non-hydrogen) atoms. The fourth-order valence-electron chi connectivity index (χ4n) is 2.46. The predicted octanol–water partition coefficient (Wildman–Crippen LogP) is 2.26. The van der Waals surface area contributed by atoms with Crippen molar-refractivity contribution in [2.45, 2.75) is 19.5 Å². The van der Waals surface area contributed by atoms with Gasteiger partial charge in [0.05, 0.1) is 25.1 Å². The van der Waals surface area contributed by atoms with Gasteiger partial charge in [0.25, 0.3) is 0 Å². The van der Waals surface area contributed by atoms with Crippen LogP contribution in [0.15, 0.2) is 30.7 Å². The summed E-state index contributed by atoms with van der Waals surface area (Å²) in [5.41, 5.74) is -0.0358. The van der Waals surface area contributed by atoms with Crippen molar-refractivity contribution in [3.05, 3.63) is 57.2 Å². The standard InChI is InChI=1S/C16H15ClFN7O4/c1-29-15-13(25(27)28)8-23(21-15)6-5-14(26)20-16-19-9-24(22-16)7-10-11(17)3-2-4-12(10)18/h2-4,8-9H,5-7H2,1H3,(H,20,22,26). The number of halogens is 2. The molecular weight excluding hydrogens is 409 g/mol. The molecule has 0 fully saturated rings. The van der Waals surface area contributed by atoms with Gasteiger partial charge in [-0.15, -0.1) is 10.2 Å². The van der Waals surface area contributed by atoms with Crippen molar-refractivity contribution in [2.75, 3.05) is 12.4 Å². The van der Waals surface area contributed by atoms with E-state index in [9.17, 15) is 19.3 Å². The first-order valence-electron chi connectivity index (χ1n) is 8.25. The molecule has 0 aliphatic carbocycles. The van der Waals surface area contributed by atoms with Crippen molar-refractivity contribution in [3.8, 4) is 5.88 Å². The predicted molar refractivity (Wildman–Crippen MR) is 99.2 cm³/mol. The van der Waals surface area contributed by atoms with Gasteiger partial charge in [0.2, 0.25) is 11.9 Å². The Balaban J connectivity index is 1.57. The topological polar surface area (TPSA) is 130 Å². The number of hydrogen-bond donors (Lipinski definition) is 1. The number of ether oxygens (including phenoxy) is 1. The number of nitrogens with one attached hydrogen (secondary N) is 1. The van der Waals surface area contributed by atoms with Crippen LogP contribution in [-0.2, 0) is 17.9 Å². The second-order valence-electron chi connectivity index (χ2n) is 5.81. The lowest BCUT2D eigenvalue weighted by Crippen LogP contribution is -2.16. The monoisotopic (exact) mass is 423 g/mol. The summed E-state index contributed by atoms with van der Waals surface area (Å²) in [6.07, 6.45) is 2.48. The summed E-state index contributed by atoms with van der Waals surface area (Å²) in [4.78, 5) is 26.3. The highest BCUT2D eigenvalue weighted by molar-refractivity contribution is 6.31. The van der Waals surface area contributed by atoms with Crippen molar-refractivity contribution >= 4 is 29.1 Å². The number of anilines is 1. The lowest BCUT2D eigenvalue weighted by atomic mass is 10.2. The lowest BCUT2D eigenvalue weighted by Gasteiger charge is -2.05. The van der Waals surface area contributed by atoms with E-state index in [2.05, 4.69) is 20.5 Å². The molecule has 0 aliphatic rings. The van der Waals surface area contributed by atoms with E-state index in [-0.39, 0.29) is 47.6 Å². The van der Waals surface area contributed by atoms with Crippen LogP contribution < -0.4 is 10.1 Å². The molecule has 0 saturated carbocycles. The van der Waals surface area contributed by atoms with Crippen molar-refractivity contribution in [1.29, 1.82) is 0 Å². The zero-order chi connectivity index (χ0) is 21.0. The first kappa shape index (κ1) is 20.2. The van der Waals surface area contributed by atoms with E-state index in [0.29, 0.717) is 0 Å². The molecule has 3 aromatic rings. The van der Waals surface area contributed by atoms with Crippen LogP contribution in [0, 0.1) is 15.9 Å². The molecule has 1 amide bonds. The van der Waals surface area contributed by atoms with Crippen LogP contribution in [-0.4, -0.2) is 42.5 Å². The van der Waals surface area contributed by atoms with E-state index in [1.54, 1.807) is 6.07 Å². The molecule has 2 heterocycles. The lowest BCUT2D eigenvalue weighted by molar-refractivity contribution is -0.385. The van der Waals surface area contributed by atoms with Crippen LogP contribution in [0.1, 0.15) is 12.0 Å². The molecule has 1 N–H and O–H groups in total. The molecule has 0 spiro atoms. The third-order valence-corrected chi connectivity index (χ3v) is 4.19. The summed E-state index contributed by atoms with van der Waals surface area (Å²) >= 11 is 5.98. The summed E-state index contributed by atoms with van der Waals surface area (Å²) in [7, 11) is 1.27. The molecule has 0 unspecified atom stereocenters. The maximum atomic E-state index is 13.8. The minimum Gasteiger partial charge on any atom is -0.475 e. The normalized spacial score (nSPS) is 10.7. The molecule has 152 valence electrons. The number of benzene rings is 1. The smallest absolute Gasteiger partial charge is 0.350 e. The third kappa shape index (κ3) is 4.85. The summed E-state index contributed by atoms with van der Waals surface area (Å²) < 4.78 is 21.2. The Morgan fingerprint density at radius 1 is 1.38 bits per heavy atom. The van der Waals surface area contributed by atoms with Gasteiger partial charge in [0.15, 0.2) is 0 Å². The van der Waals surface area contributed by atoms with Crippen LogP contribution in [0.4, 0.5) is 16.0 Å². The molecule has 2 aromatic heterocycles. The first-order valence-corrected chi connectivity index (χ1v) is 8.63. The number of aryl methyl sites for hydroxylation is 1. The van der Waals surface area contributed by atoms with E-state index < -0.39 is 16.6 Å². The number of nitrogens with zero attached hydrogens (tertiary/aromatic N) is 6. The second-order valence-corrected chi connectivity index (χ2v) is 6.22. The fourth-order valence-corrected chi connectivity index (χ4v) is 2.68. The first-order chi connectivity index (χ1) is 13.9. The number of rotatable bonds is 8. The van der Waals surface area contributed by atoms with Gasteiger partial charge >= 0.3 is 11.6 Å². The van der Waals surface area contributed by atoms with Crippen LogP contribution in [0.25, 0.3) is 0 Å². The molecule has 11 nitrogen and oxygen atoms in total. The highest BCUT2D eigenvalue weighted by Crippen LogP contribution is 2.24. The molecule has 0 radical (unpaired) electrons. The van der Waals surface area contributed by atoms with Gasteiger partial charge in [0, 0.05) is 17.0 Å². The van der Waals surface area contributed by atoms with E-state index in [4.69, 9.17) is 16.3 Å². The average Bonchev–Trinajstić information content (AvgIpc) is 3.29. The van der Waals surface area contributed by atoms with Crippen molar-refractivity contribution in [2.24, 2.45) is 0 Å². The van der Waals surface area contributed by atoms with Crippen LogP contribution in [0.2, 0.25) is 5.02 Å². The van der Waals surface area contributed by atoms with Gasteiger partial charge < -0.3 is 4.74 Å². The molecule has 0 saturated heterocycles. The molecule has 0 aliphatic heterocycles. The van der Waals surface area contributed by atoms with Gasteiger partial charge in [-0.3, -0.25) is 24.9 Å². The molecule has 0 bridgehead atoms. The summed E-state index contributed by atoms with van der Waals surface area (Å²) in [5.74, 6) is -1.000. The minimum absolute atomic E-state index is 0.0321. The number of carbonyl (C=O) groups excluding carboxylic acids is 1. The maximum absolute atomic E-state index is 13.8. The maximum Gasteiger partial charge on any atom is 0.350 e. The fraction of sp³-hybridized carbons (Fsp3) is 0.250. The molecular formula is C16H15ClFN7O4. The van der Waals surface area contributed by atoms with Crippen LogP contribution >= 0.6 is 11.6 Å². The number of amides is 1. The zero-order valence-corrected chi connectivity index (χ0v) is 15.8. The van der Waals surface area contributed by atoms with E-state index >= 15 is 0 Å². The van der Waals surface area contributed by atoms with Gasteiger partial charge in [0.1, 0.15) is 18.3 Å². The quantitative estimate of drug-likeness (QED) is 0.434. The van der Waals surface area contributed by atoms with Crippen molar-refractivity contribution in [3.63, 3.8) is 0 Å². The Morgan fingerprint density at radius 3 is 2.83 bits per heavy atom. The SMILES string of the molecule is COc1nn(CCC(=O)Nc2ncn(Cc3c(F)cccc3Cl)n2)cc1[N+](=O)[O-]. The van der Waals surface area contributed by atoms with Gasteiger partial charge in [-0.2, -0.15) is 0 Å². The number of methoxy groups -OCH3 is 1. The van der Waals surface area contributed by atoms with Crippen molar-refractivity contribution < 1.29 is 18.8 Å². The van der Waals surface area contributed by atoms with Gasteiger partial charge in [-0.1, -0.05) is 17.7 Å².